The maximum absolute atomic E-state index is 15.7. The van der Waals surface area contributed by atoms with Gasteiger partial charge in [-0.05, 0) is 57.2 Å². The molecule has 0 spiro atoms. The number of carbonyl (C=O) groups is 1. The molecule has 0 saturated heterocycles. The lowest BCUT2D eigenvalue weighted by molar-refractivity contribution is -0.678. The first kappa shape index (κ1) is 40.9. The standard InChI is InChI=1S/C34H39F5N2O9S2/c1-34(16-5-8-19-51(44,45)46)25(41(18-6-3-4-13-27(42)43)33-28(34)29(36)30(37)31(38)32(33)39)11-10-12-26-40(17-7-9-20-52(47,48)49-2)23-21-22(35)14-15-24(23)50-26/h10-12,14-15,21H,3-9,13,16-20H2,1-2H3,(H-,42,43,44,45,46)/p+1. The number of nitrogens with zero attached hydrogens (tertiary/aromatic N) is 2. The fourth-order valence-corrected chi connectivity index (χ4v) is 7.74. The van der Waals surface area contributed by atoms with E-state index in [0.29, 0.717) is 23.9 Å². The van der Waals surface area contributed by atoms with Gasteiger partial charge in [-0.25, -0.2) is 22.0 Å². The van der Waals surface area contributed by atoms with E-state index in [0.717, 1.165) is 7.11 Å². The Kier molecular flexibility index (Phi) is 13.3. The summed E-state index contributed by atoms with van der Waals surface area (Å²) in [4.78, 5) is 12.3. The van der Waals surface area contributed by atoms with Crippen molar-refractivity contribution in [3.8, 4) is 0 Å². The van der Waals surface area contributed by atoms with Gasteiger partial charge in [0.1, 0.15) is 5.82 Å². The molecular weight excluding hydrogens is 740 g/mol. The molecule has 2 aromatic carbocycles. The van der Waals surface area contributed by atoms with Crippen LogP contribution in [0.1, 0.15) is 76.2 Å². The number of carboxylic acid groups (broad SMARTS) is 1. The number of unbranched alkanes of at least 4 members (excludes halogenated alkanes) is 4. The quantitative estimate of drug-likeness (QED) is 0.0260. The summed E-state index contributed by atoms with van der Waals surface area (Å²) in [5.74, 6) is -9.57. The van der Waals surface area contributed by atoms with Crippen LogP contribution in [0.15, 0.2) is 40.5 Å². The highest BCUT2D eigenvalue weighted by molar-refractivity contribution is 7.86. The lowest BCUT2D eigenvalue weighted by atomic mass is 9.76. The van der Waals surface area contributed by atoms with Crippen molar-refractivity contribution in [2.24, 2.45) is 0 Å². The van der Waals surface area contributed by atoms with Gasteiger partial charge in [0.25, 0.3) is 25.8 Å². The zero-order valence-electron chi connectivity index (χ0n) is 28.5. The summed E-state index contributed by atoms with van der Waals surface area (Å²) in [7, 11) is -7.01. The molecule has 18 heteroatoms. The summed E-state index contributed by atoms with van der Waals surface area (Å²) in [6.45, 7) is 1.62. The molecule has 0 amide bonds. The first-order valence-electron chi connectivity index (χ1n) is 16.5. The van der Waals surface area contributed by atoms with Gasteiger partial charge >= 0.3 is 11.9 Å². The van der Waals surface area contributed by atoms with Gasteiger partial charge < -0.3 is 14.4 Å². The number of halogens is 5. The highest BCUT2D eigenvalue weighted by atomic mass is 32.2. The molecule has 2 heterocycles. The predicted octanol–water partition coefficient (Wildman–Crippen LogP) is 6.55. The third kappa shape index (κ3) is 9.56. The van der Waals surface area contributed by atoms with Gasteiger partial charge in [-0.3, -0.25) is 13.5 Å². The Hall–Kier alpha value is -3.87. The van der Waals surface area contributed by atoms with Crippen LogP contribution >= 0.6 is 0 Å². The number of aryl methyl sites for hydroxylation is 1. The van der Waals surface area contributed by atoms with Crippen molar-refractivity contribution >= 4 is 49.1 Å². The van der Waals surface area contributed by atoms with E-state index in [1.807, 2.05) is 0 Å². The predicted molar refractivity (Wildman–Crippen MR) is 181 cm³/mol. The van der Waals surface area contributed by atoms with Gasteiger partial charge in [0.15, 0.2) is 29.8 Å². The van der Waals surface area contributed by atoms with Crippen molar-refractivity contribution in [1.82, 2.24) is 0 Å². The topological polar surface area (TPSA) is 155 Å². The van der Waals surface area contributed by atoms with Crippen LogP contribution in [0, 0.1) is 29.1 Å². The van der Waals surface area contributed by atoms with E-state index in [9.17, 15) is 39.4 Å². The molecule has 11 nitrogen and oxygen atoms in total. The third-order valence-electron chi connectivity index (χ3n) is 8.99. The minimum Gasteiger partial charge on any atom is -0.481 e. The molecule has 1 aliphatic rings. The van der Waals surface area contributed by atoms with E-state index in [-0.39, 0.29) is 75.4 Å². The highest BCUT2D eigenvalue weighted by Gasteiger charge is 2.49. The number of fused-ring (bicyclic) bond motifs is 2. The molecule has 0 saturated carbocycles. The second kappa shape index (κ2) is 16.9. The molecule has 0 bridgehead atoms. The van der Waals surface area contributed by atoms with Crippen LogP contribution < -0.4 is 9.47 Å². The second-order valence-corrected chi connectivity index (χ2v) is 16.1. The minimum absolute atomic E-state index is 0.0389. The SMILES string of the molecule is COS(=O)(=O)CCCC[n+]1c(/C=C/C=C2/N(CCCCCC(=O)O)c3c(F)c(F)c(F)c(F)c3C2(C)CCCCS(=O)(=O)O)oc2ccc(F)cc21. The largest absolute Gasteiger partial charge is 0.481 e. The van der Waals surface area contributed by atoms with Gasteiger partial charge in [0.2, 0.25) is 5.58 Å². The molecule has 2 N–H and O–H groups in total. The molecule has 1 unspecified atom stereocenters. The Bertz CT molecular complexity index is 2090. The fourth-order valence-electron chi connectivity index (χ4n) is 6.45. The Morgan fingerprint density at radius 3 is 2.31 bits per heavy atom. The first-order chi connectivity index (χ1) is 24.4. The number of allylic oxidation sites excluding steroid dienone is 3. The highest BCUT2D eigenvalue weighted by Crippen LogP contribution is 2.54. The maximum Gasteiger partial charge on any atom is 0.374 e. The van der Waals surface area contributed by atoms with E-state index < -0.39 is 77.7 Å². The smallest absolute Gasteiger partial charge is 0.374 e. The van der Waals surface area contributed by atoms with E-state index in [2.05, 4.69) is 4.18 Å². The lowest BCUT2D eigenvalue weighted by Gasteiger charge is -2.30. The molecule has 1 aliphatic heterocycles. The van der Waals surface area contributed by atoms with Crippen LogP contribution in [0.5, 0.6) is 0 Å². The van der Waals surface area contributed by atoms with Crippen LogP contribution in [0.25, 0.3) is 17.2 Å². The van der Waals surface area contributed by atoms with Gasteiger partial charge in [-0.2, -0.15) is 21.4 Å². The molecule has 4 rings (SSSR count). The Morgan fingerprint density at radius 2 is 1.63 bits per heavy atom. The average molecular weight is 780 g/mol. The Labute approximate surface area is 298 Å². The second-order valence-electron chi connectivity index (χ2n) is 12.7. The lowest BCUT2D eigenvalue weighted by Crippen LogP contribution is -2.35. The number of rotatable bonds is 19. The van der Waals surface area contributed by atoms with Crippen molar-refractivity contribution in [1.29, 1.82) is 0 Å². The van der Waals surface area contributed by atoms with Crippen molar-refractivity contribution in [2.45, 2.75) is 76.7 Å². The molecule has 1 atom stereocenters. The van der Waals surface area contributed by atoms with Gasteiger partial charge in [-0.15, -0.1) is 0 Å². The van der Waals surface area contributed by atoms with Crippen molar-refractivity contribution in [2.75, 3.05) is 30.1 Å². The average Bonchev–Trinajstić information content (AvgIpc) is 3.53. The molecule has 0 fully saturated rings. The summed E-state index contributed by atoms with van der Waals surface area (Å²) >= 11 is 0. The van der Waals surface area contributed by atoms with Crippen LogP contribution in [0.3, 0.4) is 0 Å². The summed E-state index contributed by atoms with van der Waals surface area (Å²) in [5, 5.41) is 9.01. The van der Waals surface area contributed by atoms with Gasteiger partial charge in [-0.1, -0.05) is 18.9 Å². The maximum atomic E-state index is 15.7. The number of aromatic nitrogens is 1. The van der Waals surface area contributed by atoms with Crippen molar-refractivity contribution < 1.29 is 66.4 Å². The van der Waals surface area contributed by atoms with Crippen LogP contribution in [-0.4, -0.2) is 57.6 Å². The Morgan fingerprint density at radius 1 is 0.942 bits per heavy atom. The molecule has 52 heavy (non-hydrogen) atoms. The first-order valence-corrected chi connectivity index (χ1v) is 19.7. The summed E-state index contributed by atoms with van der Waals surface area (Å²) in [6, 6.07) is 3.83. The van der Waals surface area contributed by atoms with E-state index >= 15 is 8.78 Å². The van der Waals surface area contributed by atoms with Crippen LogP contribution in [0.2, 0.25) is 0 Å². The molecular formula is C34H40F5N2O9S2+. The third-order valence-corrected chi connectivity index (χ3v) is 11.1. The zero-order chi connectivity index (χ0) is 38.4. The summed E-state index contributed by atoms with van der Waals surface area (Å²) in [5.41, 5.74) is -1.75. The molecule has 286 valence electrons. The summed E-state index contributed by atoms with van der Waals surface area (Å²) < 4.78 is 143. The monoisotopic (exact) mass is 779 g/mol. The number of hydrogen-bond donors (Lipinski definition) is 2. The van der Waals surface area contributed by atoms with Crippen molar-refractivity contribution in [3.05, 3.63) is 76.6 Å². The number of benzene rings is 2. The van der Waals surface area contributed by atoms with E-state index in [1.54, 1.807) is 4.57 Å². The normalized spacial score (nSPS) is 17.2. The van der Waals surface area contributed by atoms with Crippen LogP contribution in [0.4, 0.5) is 27.6 Å². The summed E-state index contributed by atoms with van der Waals surface area (Å²) in [6.07, 6.45) is 5.50. The number of hydrogen-bond acceptors (Lipinski definition) is 8. The van der Waals surface area contributed by atoms with Crippen molar-refractivity contribution in [3.63, 3.8) is 0 Å². The number of aliphatic carboxylic acids is 1. The fraction of sp³-hybridized carbons (Fsp3) is 0.471. The Balaban J connectivity index is 1.79. The van der Waals surface area contributed by atoms with Gasteiger partial charge in [0.05, 0.1) is 30.4 Å². The van der Waals surface area contributed by atoms with E-state index in [1.165, 1.54) is 48.3 Å². The molecule has 3 aromatic rings. The van der Waals surface area contributed by atoms with Crippen LogP contribution in [-0.2, 0) is 41.2 Å². The molecule has 1 aromatic heterocycles. The molecule has 0 radical (unpaired) electrons. The number of oxazole rings is 1. The molecule has 0 aliphatic carbocycles. The minimum atomic E-state index is -4.35. The zero-order valence-corrected chi connectivity index (χ0v) is 30.1. The number of carboxylic acids is 1. The van der Waals surface area contributed by atoms with E-state index in [4.69, 9.17) is 9.52 Å². The van der Waals surface area contributed by atoms with Gasteiger partial charge in [0, 0.05) is 42.1 Å². The number of anilines is 1.